The van der Waals surface area contributed by atoms with Crippen LogP contribution in [0.2, 0.25) is 0 Å². The second-order valence-corrected chi connectivity index (χ2v) is 7.89. The molecule has 0 spiro atoms. The molecular formula is C18H17BrOS. The molecule has 1 aliphatic carbocycles. The SMILES string of the molecule is Brc1cccc(Oc2ccc3c(c2)SCCC3C2CC2)c1. The molecule has 0 saturated heterocycles. The zero-order chi connectivity index (χ0) is 14.2. The van der Waals surface area contributed by atoms with Gasteiger partial charge in [0.05, 0.1) is 0 Å². The van der Waals surface area contributed by atoms with Gasteiger partial charge in [0, 0.05) is 9.37 Å². The minimum atomic E-state index is 0.793. The van der Waals surface area contributed by atoms with E-state index in [2.05, 4.69) is 34.1 Å². The molecule has 0 aromatic heterocycles. The monoisotopic (exact) mass is 360 g/mol. The van der Waals surface area contributed by atoms with Gasteiger partial charge in [0.25, 0.3) is 0 Å². The Morgan fingerprint density at radius 1 is 1.00 bits per heavy atom. The topological polar surface area (TPSA) is 9.23 Å². The summed E-state index contributed by atoms with van der Waals surface area (Å²) in [7, 11) is 0. The molecule has 1 atom stereocenters. The Labute approximate surface area is 138 Å². The van der Waals surface area contributed by atoms with E-state index in [0.717, 1.165) is 27.8 Å². The molecule has 2 aromatic carbocycles. The van der Waals surface area contributed by atoms with Gasteiger partial charge in [0.2, 0.25) is 0 Å². The number of ether oxygens (including phenoxy) is 1. The van der Waals surface area contributed by atoms with Crippen LogP contribution in [0.25, 0.3) is 0 Å². The molecule has 0 bridgehead atoms. The van der Waals surface area contributed by atoms with E-state index >= 15 is 0 Å². The van der Waals surface area contributed by atoms with Gasteiger partial charge in [-0.25, -0.2) is 0 Å². The first-order valence-electron chi connectivity index (χ1n) is 7.50. The summed E-state index contributed by atoms with van der Waals surface area (Å²) in [5, 5.41) is 0. The smallest absolute Gasteiger partial charge is 0.128 e. The lowest BCUT2D eigenvalue weighted by Crippen LogP contribution is -2.09. The normalized spacial score (nSPS) is 20.9. The van der Waals surface area contributed by atoms with Crippen molar-refractivity contribution in [2.45, 2.75) is 30.1 Å². The lowest BCUT2D eigenvalue weighted by Gasteiger charge is -2.25. The highest BCUT2D eigenvalue weighted by molar-refractivity contribution is 9.10. The van der Waals surface area contributed by atoms with Crippen molar-refractivity contribution in [1.82, 2.24) is 0 Å². The third-order valence-electron chi connectivity index (χ3n) is 4.29. The first-order chi connectivity index (χ1) is 10.3. The molecule has 4 rings (SSSR count). The van der Waals surface area contributed by atoms with Crippen LogP contribution in [-0.2, 0) is 0 Å². The van der Waals surface area contributed by atoms with Crippen molar-refractivity contribution in [2.24, 2.45) is 5.92 Å². The van der Waals surface area contributed by atoms with Crippen molar-refractivity contribution in [3.63, 3.8) is 0 Å². The van der Waals surface area contributed by atoms with Crippen molar-refractivity contribution < 1.29 is 4.74 Å². The molecule has 1 aliphatic heterocycles. The number of fused-ring (bicyclic) bond motifs is 1. The maximum atomic E-state index is 5.99. The lowest BCUT2D eigenvalue weighted by molar-refractivity contribution is 0.478. The van der Waals surface area contributed by atoms with Crippen LogP contribution in [0.15, 0.2) is 51.8 Å². The minimum absolute atomic E-state index is 0.793. The molecule has 1 fully saturated rings. The lowest BCUT2D eigenvalue weighted by atomic mass is 9.91. The van der Waals surface area contributed by atoms with E-state index in [1.54, 1.807) is 5.56 Å². The summed E-state index contributed by atoms with van der Waals surface area (Å²) in [6.45, 7) is 0. The number of rotatable bonds is 3. The Bertz CT molecular complexity index is 666. The van der Waals surface area contributed by atoms with Crippen LogP contribution in [0, 0.1) is 5.92 Å². The fourth-order valence-corrected chi connectivity index (χ4v) is 4.67. The Balaban J connectivity index is 1.60. The van der Waals surface area contributed by atoms with Crippen LogP contribution in [0.1, 0.15) is 30.7 Å². The van der Waals surface area contributed by atoms with Crippen LogP contribution in [0.5, 0.6) is 11.5 Å². The minimum Gasteiger partial charge on any atom is -0.457 e. The molecular weight excluding hydrogens is 344 g/mol. The van der Waals surface area contributed by atoms with Gasteiger partial charge >= 0.3 is 0 Å². The van der Waals surface area contributed by atoms with Gasteiger partial charge in [0.15, 0.2) is 0 Å². The molecule has 0 amide bonds. The van der Waals surface area contributed by atoms with Crippen molar-refractivity contribution in [3.8, 4) is 11.5 Å². The standard InChI is InChI=1S/C18H17BrOS/c19-13-2-1-3-14(10-13)20-15-6-7-17-16(12-4-5-12)8-9-21-18(17)11-15/h1-3,6-7,10-12,16H,4-5,8-9H2. The van der Waals surface area contributed by atoms with E-state index in [1.165, 1.54) is 29.9 Å². The highest BCUT2D eigenvalue weighted by Crippen LogP contribution is 2.50. The average molecular weight is 361 g/mol. The molecule has 2 aromatic rings. The van der Waals surface area contributed by atoms with Gasteiger partial charge < -0.3 is 4.74 Å². The molecule has 1 nitrogen and oxygen atoms in total. The molecule has 2 aliphatic rings. The summed E-state index contributed by atoms with van der Waals surface area (Å²) in [4.78, 5) is 1.42. The van der Waals surface area contributed by atoms with E-state index in [-0.39, 0.29) is 0 Å². The van der Waals surface area contributed by atoms with E-state index < -0.39 is 0 Å². The van der Waals surface area contributed by atoms with E-state index in [1.807, 2.05) is 36.0 Å². The molecule has 3 heteroatoms. The quantitative estimate of drug-likeness (QED) is 0.641. The van der Waals surface area contributed by atoms with Crippen molar-refractivity contribution in [2.75, 3.05) is 5.75 Å². The number of halogens is 1. The van der Waals surface area contributed by atoms with Gasteiger partial charge in [0.1, 0.15) is 11.5 Å². The number of thioether (sulfide) groups is 1. The van der Waals surface area contributed by atoms with E-state index in [0.29, 0.717) is 0 Å². The van der Waals surface area contributed by atoms with Crippen LogP contribution >= 0.6 is 27.7 Å². The van der Waals surface area contributed by atoms with Crippen LogP contribution in [-0.4, -0.2) is 5.75 Å². The molecule has 108 valence electrons. The molecule has 1 saturated carbocycles. The van der Waals surface area contributed by atoms with Crippen molar-refractivity contribution in [1.29, 1.82) is 0 Å². The maximum absolute atomic E-state index is 5.99. The van der Waals surface area contributed by atoms with Gasteiger partial charge in [-0.1, -0.05) is 28.1 Å². The predicted molar refractivity (Wildman–Crippen MR) is 91.5 cm³/mol. The number of benzene rings is 2. The Morgan fingerprint density at radius 3 is 2.67 bits per heavy atom. The second-order valence-electron chi connectivity index (χ2n) is 5.84. The third-order valence-corrected chi connectivity index (χ3v) is 5.89. The summed E-state index contributed by atoms with van der Waals surface area (Å²) in [5.41, 5.74) is 1.55. The molecule has 0 radical (unpaired) electrons. The van der Waals surface area contributed by atoms with Crippen molar-refractivity contribution >= 4 is 27.7 Å². The Morgan fingerprint density at radius 2 is 1.86 bits per heavy atom. The van der Waals surface area contributed by atoms with Gasteiger partial charge in [-0.05, 0) is 72.7 Å². The van der Waals surface area contributed by atoms with Gasteiger partial charge in [-0.15, -0.1) is 11.8 Å². The van der Waals surface area contributed by atoms with E-state index in [9.17, 15) is 0 Å². The zero-order valence-corrected chi connectivity index (χ0v) is 14.1. The van der Waals surface area contributed by atoms with Crippen molar-refractivity contribution in [3.05, 3.63) is 52.5 Å². The Hall–Kier alpha value is -0.930. The highest BCUT2D eigenvalue weighted by atomic mass is 79.9. The molecule has 1 unspecified atom stereocenters. The summed E-state index contributed by atoms with van der Waals surface area (Å²) in [5.74, 6) is 4.80. The van der Waals surface area contributed by atoms with Gasteiger partial charge in [-0.3, -0.25) is 0 Å². The Kier molecular flexibility index (Phi) is 3.72. The maximum Gasteiger partial charge on any atom is 0.128 e. The van der Waals surface area contributed by atoms with Crippen LogP contribution in [0.3, 0.4) is 0 Å². The molecule has 1 heterocycles. The summed E-state index contributed by atoms with van der Waals surface area (Å²) in [6, 6.07) is 14.6. The fourth-order valence-electron chi connectivity index (χ4n) is 3.12. The highest BCUT2D eigenvalue weighted by Gasteiger charge is 2.35. The van der Waals surface area contributed by atoms with Crippen LogP contribution < -0.4 is 4.74 Å². The van der Waals surface area contributed by atoms with Gasteiger partial charge in [-0.2, -0.15) is 0 Å². The summed E-state index contributed by atoms with van der Waals surface area (Å²) < 4.78 is 7.04. The average Bonchev–Trinajstić information content (AvgIpc) is 3.31. The summed E-state index contributed by atoms with van der Waals surface area (Å²) in [6.07, 6.45) is 4.18. The summed E-state index contributed by atoms with van der Waals surface area (Å²) >= 11 is 5.46. The third kappa shape index (κ3) is 3.00. The van der Waals surface area contributed by atoms with E-state index in [4.69, 9.17) is 4.74 Å². The largest absolute Gasteiger partial charge is 0.457 e. The first-order valence-corrected chi connectivity index (χ1v) is 9.27. The molecule has 0 N–H and O–H groups in total. The first kappa shape index (κ1) is 13.7. The second kappa shape index (κ2) is 5.69. The number of hydrogen-bond donors (Lipinski definition) is 0. The van der Waals surface area contributed by atoms with Crippen LogP contribution in [0.4, 0.5) is 0 Å². The zero-order valence-electron chi connectivity index (χ0n) is 11.7. The molecule has 21 heavy (non-hydrogen) atoms. The fraction of sp³-hybridized carbons (Fsp3) is 0.333. The predicted octanol–water partition coefficient (Wildman–Crippen LogP) is 6.23. The number of hydrogen-bond acceptors (Lipinski definition) is 2.